The molecule has 0 aliphatic heterocycles. The molecule has 0 atom stereocenters. The molecule has 0 saturated carbocycles. The normalized spacial score (nSPS) is 10.6. The van der Waals surface area contributed by atoms with Crippen LogP contribution in [0.1, 0.15) is 26.3 Å². The molecule has 2 amide bonds. The Morgan fingerprint density at radius 1 is 0.938 bits per heavy atom. The zero-order valence-corrected chi connectivity index (χ0v) is 17.5. The predicted octanol–water partition coefficient (Wildman–Crippen LogP) is 3.68. The van der Waals surface area contributed by atoms with E-state index in [9.17, 15) is 19.7 Å². The summed E-state index contributed by atoms with van der Waals surface area (Å²) in [6.07, 6.45) is 1.53. The second kappa shape index (κ2) is 9.98. The van der Waals surface area contributed by atoms with E-state index in [1.807, 2.05) is 43.3 Å². The first-order valence-electron chi connectivity index (χ1n) is 9.60. The maximum absolute atomic E-state index is 12.4. The van der Waals surface area contributed by atoms with Gasteiger partial charge in [0.2, 0.25) is 0 Å². The quantitative estimate of drug-likeness (QED) is 0.336. The van der Waals surface area contributed by atoms with Crippen LogP contribution in [0.5, 0.6) is 0 Å². The number of nitrogens with zero attached hydrogens (tertiary/aromatic N) is 3. The van der Waals surface area contributed by atoms with Crippen LogP contribution >= 0.6 is 0 Å². The number of benzene rings is 3. The second-order valence-electron chi connectivity index (χ2n) is 7.03. The third kappa shape index (κ3) is 5.76. The molecule has 0 unspecified atom stereocenters. The third-order valence-corrected chi connectivity index (χ3v) is 4.49. The van der Waals surface area contributed by atoms with Gasteiger partial charge in [0.25, 0.3) is 17.5 Å². The summed E-state index contributed by atoms with van der Waals surface area (Å²) in [6.45, 7) is 0. The van der Waals surface area contributed by atoms with Crippen LogP contribution < -0.4 is 15.6 Å². The number of nitro benzene ring substituents is 1. The van der Waals surface area contributed by atoms with Crippen molar-refractivity contribution in [2.75, 3.05) is 24.3 Å². The summed E-state index contributed by atoms with van der Waals surface area (Å²) in [5.41, 5.74) is 4.95. The molecule has 32 heavy (non-hydrogen) atoms. The number of hydrazone groups is 1. The van der Waals surface area contributed by atoms with E-state index >= 15 is 0 Å². The molecule has 0 fully saturated rings. The fourth-order valence-electron chi connectivity index (χ4n) is 2.79. The number of carbonyl (C=O) groups excluding carboxylic acids is 2. The summed E-state index contributed by atoms with van der Waals surface area (Å²) in [5, 5.41) is 17.5. The Morgan fingerprint density at radius 2 is 1.59 bits per heavy atom. The molecule has 0 saturated heterocycles. The van der Waals surface area contributed by atoms with Crippen molar-refractivity contribution in [3.05, 3.63) is 99.6 Å². The molecule has 3 rings (SSSR count). The summed E-state index contributed by atoms with van der Waals surface area (Å²) >= 11 is 0. The Bertz CT molecular complexity index is 1170. The van der Waals surface area contributed by atoms with Crippen LogP contribution in [0.3, 0.4) is 0 Å². The molecule has 0 spiro atoms. The van der Waals surface area contributed by atoms with Gasteiger partial charge in [0, 0.05) is 48.7 Å². The van der Waals surface area contributed by atoms with Crippen LogP contribution in [0, 0.1) is 10.1 Å². The molecule has 9 heteroatoms. The number of non-ortho nitro benzene ring substituents is 1. The Labute approximate surface area is 184 Å². The second-order valence-corrected chi connectivity index (χ2v) is 7.03. The summed E-state index contributed by atoms with van der Waals surface area (Å²) in [6, 6.07) is 19.3. The third-order valence-electron chi connectivity index (χ3n) is 4.49. The SMILES string of the molecule is CN(C)c1ccc(C=NNC(=O)c2cccc(NC(=O)c3cccc([N+](=O)[O-])c3)c2)cc1. The number of rotatable bonds is 7. The van der Waals surface area contributed by atoms with E-state index in [0.717, 1.165) is 11.3 Å². The van der Waals surface area contributed by atoms with Crippen molar-refractivity contribution in [3.63, 3.8) is 0 Å². The lowest BCUT2D eigenvalue weighted by atomic mass is 10.1. The average Bonchev–Trinajstić information content (AvgIpc) is 2.79. The summed E-state index contributed by atoms with van der Waals surface area (Å²) < 4.78 is 0. The molecular formula is C23H21N5O4. The number of carbonyl (C=O) groups is 2. The van der Waals surface area contributed by atoms with E-state index in [1.165, 1.54) is 36.5 Å². The Balaban J connectivity index is 1.63. The zero-order chi connectivity index (χ0) is 23.1. The zero-order valence-electron chi connectivity index (χ0n) is 17.5. The average molecular weight is 431 g/mol. The molecule has 0 heterocycles. The van der Waals surface area contributed by atoms with Gasteiger partial charge in [-0.25, -0.2) is 5.43 Å². The number of amides is 2. The highest BCUT2D eigenvalue weighted by Gasteiger charge is 2.12. The van der Waals surface area contributed by atoms with E-state index < -0.39 is 16.7 Å². The molecule has 162 valence electrons. The molecule has 0 radical (unpaired) electrons. The van der Waals surface area contributed by atoms with Crippen LogP contribution in [0.15, 0.2) is 77.9 Å². The van der Waals surface area contributed by atoms with Crippen LogP contribution in [0.4, 0.5) is 17.1 Å². The first kappa shape index (κ1) is 22.2. The van der Waals surface area contributed by atoms with E-state index in [0.29, 0.717) is 11.3 Å². The molecule has 9 nitrogen and oxygen atoms in total. The van der Waals surface area contributed by atoms with E-state index in [1.54, 1.807) is 18.2 Å². The lowest BCUT2D eigenvalue weighted by Crippen LogP contribution is -2.18. The van der Waals surface area contributed by atoms with Gasteiger partial charge in [-0.3, -0.25) is 19.7 Å². The maximum atomic E-state index is 12.4. The topological polar surface area (TPSA) is 117 Å². The Morgan fingerprint density at radius 3 is 2.25 bits per heavy atom. The highest BCUT2D eigenvalue weighted by Crippen LogP contribution is 2.16. The highest BCUT2D eigenvalue weighted by molar-refractivity contribution is 6.05. The monoisotopic (exact) mass is 431 g/mol. The fraction of sp³-hybridized carbons (Fsp3) is 0.0870. The lowest BCUT2D eigenvalue weighted by molar-refractivity contribution is -0.384. The number of anilines is 2. The van der Waals surface area contributed by atoms with Crippen molar-refractivity contribution < 1.29 is 14.5 Å². The predicted molar refractivity (Wildman–Crippen MR) is 123 cm³/mol. The van der Waals surface area contributed by atoms with Crippen molar-refractivity contribution in [2.24, 2.45) is 5.10 Å². The molecule has 3 aromatic carbocycles. The first-order valence-corrected chi connectivity index (χ1v) is 9.60. The van der Waals surface area contributed by atoms with Gasteiger partial charge in [-0.05, 0) is 42.0 Å². The van der Waals surface area contributed by atoms with Gasteiger partial charge in [-0.2, -0.15) is 5.10 Å². The van der Waals surface area contributed by atoms with Gasteiger partial charge < -0.3 is 10.2 Å². The fourth-order valence-corrected chi connectivity index (χ4v) is 2.79. The summed E-state index contributed by atoms with van der Waals surface area (Å²) in [5.74, 6) is -0.969. The van der Waals surface area contributed by atoms with Gasteiger partial charge in [0.05, 0.1) is 11.1 Å². The first-order chi connectivity index (χ1) is 15.3. The Hall–Kier alpha value is -4.53. The minimum absolute atomic E-state index is 0.138. The smallest absolute Gasteiger partial charge is 0.271 e. The van der Waals surface area contributed by atoms with Crippen molar-refractivity contribution >= 4 is 35.1 Å². The van der Waals surface area contributed by atoms with Gasteiger partial charge in [0.15, 0.2) is 0 Å². The number of hydrogen-bond acceptors (Lipinski definition) is 6. The molecule has 2 N–H and O–H groups in total. The van der Waals surface area contributed by atoms with E-state index in [4.69, 9.17) is 0 Å². The highest BCUT2D eigenvalue weighted by atomic mass is 16.6. The molecular weight excluding hydrogens is 410 g/mol. The van der Waals surface area contributed by atoms with Crippen molar-refractivity contribution in [2.45, 2.75) is 0 Å². The number of nitro groups is 1. The van der Waals surface area contributed by atoms with Crippen LogP contribution in [0.2, 0.25) is 0 Å². The van der Waals surface area contributed by atoms with Gasteiger partial charge in [0.1, 0.15) is 0 Å². The maximum Gasteiger partial charge on any atom is 0.271 e. The van der Waals surface area contributed by atoms with E-state index in [-0.39, 0.29) is 11.3 Å². The van der Waals surface area contributed by atoms with Crippen LogP contribution in [-0.2, 0) is 0 Å². The van der Waals surface area contributed by atoms with Crippen molar-refractivity contribution in [3.8, 4) is 0 Å². The largest absolute Gasteiger partial charge is 0.378 e. The Kier molecular flexibility index (Phi) is 6.92. The van der Waals surface area contributed by atoms with Crippen molar-refractivity contribution in [1.82, 2.24) is 5.43 Å². The molecule has 0 aliphatic carbocycles. The van der Waals surface area contributed by atoms with E-state index in [2.05, 4.69) is 15.8 Å². The number of nitrogens with one attached hydrogen (secondary N) is 2. The molecule has 0 aliphatic rings. The standard InChI is InChI=1S/C23H21N5O4/c1-27(2)20-11-9-16(10-12-20)15-24-26-23(30)17-5-3-7-19(13-17)25-22(29)18-6-4-8-21(14-18)28(31)32/h3-15H,1-2H3,(H,25,29)(H,26,30). The molecule has 3 aromatic rings. The van der Waals surface area contributed by atoms with Crippen molar-refractivity contribution in [1.29, 1.82) is 0 Å². The molecule has 0 aromatic heterocycles. The van der Waals surface area contributed by atoms with Gasteiger partial charge in [-0.15, -0.1) is 0 Å². The number of hydrogen-bond donors (Lipinski definition) is 2. The van der Waals surface area contributed by atoms with Crippen LogP contribution in [-0.4, -0.2) is 37.0 Å². The van der Waals surface area contributed by atoms with Crippen LogP contribution in [0.25, 0.3) is 0 Å². The molecule has 0 bridgehead atoms. The minimum atomic E-state index is -0.571. The van der Waals surface area contributed by atoms with Gasteiger partial charge >= 0.3 is 0 Å². The summed E-state index contributed by atoms with van der Waals surface area (Å²) in [4.78, 5) is 37.1. The lowest BCUT2D eigenvalue weighted by Gasteiger charge is -2.11. The summed E-state index contributed by atoms with van der Waals surface area (Å²) in [7, 11) is 3.90. The minimum Gasteiger partial charge on any atom is -0.378 e. The van der Waals surface area contributed by atoms with Gasteiger partial charge in [-0.1, -0.05) is 24.3 Å².